The zero-order valence-corrected chi connectivity index (χ0v) is 12.2. The first kappa shape index (κ1) is 15.9. The van der Waals surface area contributed by atoms with E-state index in [1.54, 1.807) is 11.3 Å². The summed E-state index contributed by atoms with van der Waals surface area (Å²) in [4.78, 5) is 11.7. The summed E-state index contributed by atoms with van der Waals surface area (Å²) in [5.41, 5.74) is 6.76. The molecule has 1 atom stereocenters. The molecule has 1 unspecified atom stereocenters. The molecule has 4 nitrogen and oxygen atoms in total. The van der Waals surface area contributed by atoms with Crippen molar-refractivity contribution in [3.05, 3.63) is 35.2 Å². The van der Waals surface area contributed by atoms with Crippen molar-refractivity contribution in [3.8, 4) is 0 Å². The summed E-state index contributed by atoms with van der Waals surface area (Å²) in [6, 6.07) is 7.52. The van der Waals surface area contributed by atoms with Gasteiger partial charge in [-0.25, -0.2) is 0 Å². The number of nitrogens with one attached hydrogen (secondary N) is 1. The Morgan fingerprint density at radius 1 is 1.47 bits per heavy atom. The quantitative estimate of drug-likeness (QED) is 0.886. The second-order valence-electron chi connectivity index (χ2n) is 4.04. The maximum atomic E-state index is 11.7. The van der Waals surface area contributed by atoms with Crippen molar-refractivity contribution >= 4 is 39.7 Å². The third-order valence-corrected chi connectivity index (χ3v) is 3.71. The molecule has 1 heterocycles. The number of hydrogen-bond donors (Lipinski definition) is 2. The molecule has 104 valence electrons. The number of ether oxygens (including phenoxy) is 1. The monoisotopic (exact) mass is 300 g/mol. The van der Waals surface area contributed by atoms with Crippen LogP contribution in [0.1, 0.15) is 5.56 Å². The standard InChI is InChI=1S/C13H16N2O2S.ClH/c1-17-7-11(14)13(16)15-6-9-8-18-12-5-3-2-4-10(9)12;/h2-5,8,11H,6-7,14H2,1H3,(H,15,16);1H. The molecular formula is C13H17ClN2O2S. The Balaban J connectivity index is 0.00000180. The van der Waals surface area contributed by atoms with E-state index in [2.05, 4.69) is 22.8 Å². The number of amides is 1. The van der Waals surface area contributed by atoms with Gasteiger partial charge < -0.3 is 15.8 Å². The number of carbonyl (C=O) groups excluding carboxylic acids is 1. The van der Waals surface area contributed by atoms with Crippen molar-refractivity contribution in [2.24, 2.45) is 5.73 Å². The number of nitrogens with two attached hydrogens (primary N) is 1. The smallest absolute Gasteiger partial charge is 0.239 e. The molecule has 0 aliphatic heterocycles. The number of thiophene rings is 1. The van der Waals surface area contributed by atoms with Crippen molar-refractivity contribution in [2.75, 3.05) is 13.7 Å². The molecule has 19 heavy (non-hydrogen) atoms. The zero-order chi connectivity index (χ0) is 13.0. The van der Waals surface area contributed by atoms with E-state index < -0.39 is 6.04 Å². The van der Waals surface area contributed by atoms with E-state index in [1.165, 1.54) is 17.2 Å². The van der Waals surface area contributed by atoms with E-state index in [0.717, 1.165) is 5.56 Å². The van der Waals surface area contributed by atoms with Gasteiger partial charge in [-0.3, -0.25) is 4.79 Å². The van der Waals surface area contributed by atoms with E-state index >= 15 is 0 Å². The van der Waals surface area contributed by atoms with Crippen LogP contribution >= 0.6 is 23.7 Å². The molecule has 1 amide bonds. The molecule has 2 rings (SSSR count). The topological polar surface area (TPSA) is 64.3 Å². The van der Waals surface area contributed by atoms with Crippen molar-refractivity contribution < 1.29 is 9.53 Å². The Labute approximate surface area is 122 Å². The maximum Gasteiger partial charge on any atom is 0.239 e. The Hall–Kier alpha value is -1.14. The average molecular weight is 301 g/mol. The number of carbonyl (C=O) groups is 1. The van der Waals surface area contributed by atoms with Crippen molar-refractivity contribution in [1.29, 1.82) is 0 Å². The van der Waals surface area contributed by atoms with Crippen molar-refractivity contribution in [1.82, 2.24) is 5.32 Å². The fourth-order valence-corrected chi connectivity index (χ4v) is 2.70. The first-order chi connectivity index (χ1) is 8.72. The van der Waals surface area contributed by atoms with Crippen LogP contribution in [0.2, 0.25) is 0 Å². The molecule has 0 spiro atoms. The molecule has 3 N–H and O–H groups in total. The molecule has 1 aromatic carbocycles. The number of benzene rings is 1. The molecular weight excluding hydrogens is 284 g/mol. The fourth-order valence-electron chi connectivity index (χ4n) is 1.74. The third-order valence-electron chi connectivity index (χ3n) is 2.70. The minimum absolute atomic E-state index is 0. The summed E-state index contributed by atoms with van der Waals surface area (Å²) >= 11 is 1.68. The third kappa shape index (κ3) is 3.91. The number of methoxy groups -OCH3 is 1. The van der Waals surface area contributed by atoms with Crippen LogP contribution in [0, 0.1) is 0 Å². The van der Waals surface area contributed by atoms with Gasteiger partial charge in [0.05, 0.1) is 6.61 Å². The Morgan fingerprint density at radius 2 is 2.21 bits per heavy atom. The van der Waals surface area contributed by atoms with Crippen LogP contribution in [0.25, 0.3) is 10.1 Å². The summed E-state index contributed by atoms with van der Waals surface area (Å²) in [5, 5.41) is 6.07. The minimum Gasteiger partial charge on any atom is -0.383 e. The highest BCUT2D eigenvalue weighted by Crippen LogP contribution is 2.25. The second kappa shape index (κ2) is 7.45. The summed E-state index contributed by atoms with van der Waals surface area (Å²) < 4.78 is 6.07. The van der Waals surface area contributed by atoms with Gasteiger partial charge in [0.2, 0.25) is 5.91 Å². The molecule has 1 aromatic heterocycles. The molecule has 0 saturated heterocycles. The molecule has 0 radical (unpaired) electrons. The van der Waals surface area contributed by atoms with Crippen LogP contribution in [0.15, 0.2) is 29.6 Å². The molecule has 0 aliphatic carbocycles. The average Bonchev–Trinajstić information content (AvgIpc) is 2.79. The molecule has 0 aliphatic rings. The minimum atomic E-state index is -0.611. The first-order valence-corrected chi connectivity index (χ1v) is 6.57. The van der Waals surface area contributed by atoms with Crippen molar-refractivity contribution in [3.63, 3.8) is 0 Å². The number of hydrogen-bond acceptors (Lipinski definition) is 4. The number of rotatable bonds is 5. The summed E-state index contributed by atoms with van der Waals surface area (Å²) in [5.74, 6) is -0.188. The van der Waals surface area contributed by atoms with E-state index in [1.807, 2.05) is 12.1 Å². The summed E-state index contributed by atoms with van der Waals surface area (Å²) in [7, 11) is 1.53. The zero-order valence-electron chi connectivity index (χ0n) is 10.6. The molecule has 0 fully saturated rings. The van der Waals surface area contributed by atoms with Gasteiger partial charge in [0.1, 0.15) is 6.04 Å². The lowest BCUT2D eigenvalue weighted by molar-refractivity contribution is -0.123. The van der Waals surface area contributed by atoms with Gasteiger partial charge in [-0.05, 0) is 22.4 Å². The lowest BCUT2D eigenvalue weighted by atomic mass is 10.2. The van der Waals surface area contributed by atoms with E-state index in [4.69, 9.17) is 10.5 Å². The fraction of sp³-hybridized carbons (Fsp3) is 0.308. The van der Waals surface area contributed by atoms with Gasteiger partial charge in [-0.2, -0.15) is 0 Å². The highest BCUT2D eigenvalue weighted by atomic mass is 35.5. The first-order valence-electron chi connectivity index (χ1n) is 5.69. The molecule has 2 aromatic rings. The van der Waals surface area contributed by atoms with E-state index in [9.17, 15) is 4.79 Å². The summed E-state index contributed by atoms with van der Waals surface area (Å²) in [6.45, 7) is 0.733. The Bertz CT molecular complexity index is 544. The highest BCUT2D eigenvalue weighted by molar-refractivity contribution is 7.17. The van der Waals surface area contributed by atoms with E-state index in [0.29, 0.717) is 6.54 Å². The van der Waals surface area contributed by atoms with Gasteiger partial charge in [-0.15, -0.1) is 23.7 Å². The normalized spacial score (nSPS) is 11.9. The van der Waals surface area contributed by atoms with E-state index in [-0.39, 0.29) is 24.9 Å². The van der Waals surface area contributed by atoms with Crippen molar-refractivity contribution in [2.45, 2.75) is 12.6 Å². The molecule has 0 bridgehead atoms. The Morgan fingerprint density at radius 3 is 2.95 bits per heavy atom. The van der Waals surface area contributed by atoms with Gasteiger partial charge in [0.25, 0.3) is 0 Å². The summed E-state index contributed by atoms with van der Waals surface area (Å²) in [6.07, 6.45) is 0. The number of fused-ring (bicyclic) bond motifs is 1. The van der Waals surface area contributed by atoms with Crippen LogP contribution in [-0.2, 0) is 16.1 Å². The highest BCUT2D eigenvalue weighted by Gasteiger charge is 2.13. The lowest BCUT2D eigenvalue weighted by Crippen LogP contribution is -2.43. The van der Waals surface area contributed by atoms with Crippen LogP contribution in [0.5, 0.6) is 0 Å². The van der Waals surface area contributed by atoms with Gasteiger partial charge in [-0.1, -0.05) is 18.2 Å². The van der Waals surface area contributed by atoms with Crippen LogP contribution in [0.4, 0.5) is 0 Å². The second-order valence-corrected chi connectivity index (χ2v) is 4.95. The van der Waals surface area contributed by atoms with Gasteiger partial charge >= 0.3 is 0 Å². The van der Waals surface area contributed by atoms with Crippen LogP contribution in [-0.4, -0.2) is 25.7 Å². The molecule has 6 heteroatoms. The maximum absolute atomic E-state index is 11.7. The van der Waals surface area contributed by atoms with Crippen LogP contribution in [0.3, 0.4) is 0 Å². The van der Waals surface area contributed by atoms with Gasteiger partial charge in [0, 0.05) is 18.4 Å². The Kier molecular flexibility index (Phi) is 6.24. The van der Waals surface area contributed by atoms with Crippen LogP contribution < -0.4 is 11.1 Å². The predicted octanol–water partition coefficient (Wildman–Crippen LogP) is 1.91. The molecule has 0 saturated carbocycles. The lowest BCUT2D eigenvalue weighted by Gasteiger charge is -2.10. The number of halogens is 1. The van der Waals surface area contributed by atoms with Gasteiger partial charge in [0.15, 0.2) is 0 Å². The SMILES string of the molecule is COCC(N)C(=O)NCc1csc2ccccc12.Cl. The largest absolute Gasteiger partial charge is 0.383 e. The predicted molar refractivity (Wildman–Crippen MR) is 80.8 cm³/mol.